The minimum absolute atomic E-state index is 0.134. The van der Waals surface area contributed by atoms with Gasteiger partial charge in [-0.05, 0) is 51.3 Å². The van der Waals surface area contributed by atoms with E-state index in [1.807, 2.05) is 57.2 Å². The lowest BCUT2D eigenvalue weighted by Gasteiger charge is -2.29. The van der Waals surface area contributed by atoms with Crippen LogP contribution >= 0.6 is 0 Å². The lowest BCUT2D eigenvalue weighted by molar-refractivity contribution is -0.140. The smallest absolute Gasteiger partial charge is 0.242 e. The predicted octanol–water partition coefficient (Wildman–Crippen LogP) is 3.79. The first-order valence-corrected chi connectivity index (χ1v) is 13.5. The van der Waals surface area contributed by atoms with Crippen LogP contribution < -0.4 is 9.62 Å². The van der Waals surface area contributed by atoms with Gasteiger partial charge in [-0.3, -0.25) is 13.9 Å². The van der Waals surface area contributed by atoms with E-state index in [1.54, 1.807) is 24.0 Å². The summed E-state index contributed by atoms with van der Waals surface area (Å²) in [6.07, 6.45) is 2.45. The summed E-state index contributed by atoms with van der Waals surface area (Å²) in [5.41, 5.74) is 3.66. The highest BCUT2D eigenvalue weighted by molar-refractivity contribution is 7.92. The largest absolute Gasteiger partial charge is 0.354 e. The maximum absolute atomic E-state index is 13.2. The van der Waals surface area contributed by atoms with Gasteiger partial charge in [-0.15, -0.1) is 0 Å². The SMILES string of the molecule is CCCNC(=O)C(C)N(Cc1ccc(C)cc1)C(=O)CCCN(c1ccc(C)cc1)S(C)(=O)=O. The number of hydrogen-bond donors (Lipinski definition) is 1. The van der Waals surface area contributed by atoms with E-state index in [9.17, 15) is 18.0 Å². The number of anilines is 1. The summed E-state index contributed by atoms with van der Waals surface area (Å²) in [6, 6.07) is 14.5. The summed E-state index contributed by atoms with van der Waals surface area (Å²) < 4.78 is 26.1. The van der Waals surface area contributed by atoms with Crippen LogP contribution in [0.5, 0.6) is 0 Å². The van der Waals surface area contributed by atoms with Crippen molar-refractivity contribution in [1.29, 1.82) is 0 Å². The van der Waals surface area contributed by atoms with Crippen LogP contribution in [0.1, 0.15) is 49.8 Å². The van der Waals surface area contributed by atoms with E-state index in [2.05, 4.69) is 5.32 Å². The van der Waals surface area contributed by atoms with Gasteiger partial charge in [0, 0.05) is 26.1 Å². The molecule has 0 saturated heterocycles. The Balaban J connectivity index is 2.13. The first-order chi connectivity index (χ1) is 16.0. The van der Waals surface area contributed by atoms with Gasteiger partial charge < -0.3 is 10.2 Å². The van der Waals surface area contributed by atoms with Gasteiger partial charge in [0.15, 0.2) is 0 Å². The molecule has 0 aliphatic heterocycles. The summed E-state index contributed by atoms with van der Waals surface area (Å²) in [7, 11) is -3.50. The van der Waals surface area contributed by atoms with Gasteiger partial charge in [-0.2, -0.15) is 0 Å². The van der Waals surface area contributed by atoms with Crippen molar-refractivity contribution in [3.63, 3.8) is 0 Å². The molecule has 0 aliphatic carbocycles. The van der Waals surface area contributed by atoms with E-state index in [-0.39, 0.29) is 24.8 Å². The van der Waals surface area contributed by atoms with Gasteiger partial charge >= 0.3 is 0 Å². The number of rotatable bonds is 12. The second-order valence-corrected chi connectivity index (χ2v) is 10.7. The maximum atomic E-state index is 13.2. The van der Waals surface area contributed by atoms with Crippen LogP contribution in [0.25, 0.3) is 0 Å². The molecule has 0 fully saturated rings. The van der Waals surface area contributed by atoms with Crippen molar-refractivity contribution in [2.24, 2.45) is 0 Å². The Labute approximate surface area is 204 Å². The standard InChI is InChI=1S/C26H37N3O4S/c1-6-17-27-26(31)22(4)28(19-23-13-9-20(2)10-14-23)25(30)8-7-18-29(34(5,32)33)24-15-11-21(3)12-16-24/h9-16,22H,6-8,17-19H2,1-5H3,(H,27,31). The molecular formula is C26H37N3O4S. The molecule has 7 nitrogen and oxygen atoms in total. The lowest BCUT2D eigenvalue weighted by atomic mass is 10.1. The molecular weight excluding hydrogens is 450 g/mol. The van der Waals surface area contributed by atoms with Crippen molar-refractivity contribution in [1.82, 2.24) is 10.2 Å². The number of nitrogens with zero attached hydrogens (tertiary/aromatic N) is 2. The fourth-order valence-corrected chi connectivity index (χ4v) is 4.55. The van der Waals surface area contributed by atoms with Gasteiger partial charge in [0.2, 0.25) is 21.8 Å². The molecule has 1 atom stereocenters. The van der Waals surface area contributed by atoms with Crippen molar-refractivity contribution < 1.29 is 18.0 Å². The van der Waals surface area contributed by atoms with Crippen LogP contribution in [-0.2, 0) is 26.2 Å². The van der Waals surface area contributed by atoms with Gasteiger partial charge in [0.1, 0.15) is 6.04 Å². The summed E-state index contributed by atoms with van der Waals surface area (Å²) in [4.78, 5) is 27.4. The van der Waals surface area contributed by atoms with Crippen LogP contribution in [0.2, 0.25) is 0 Å². The molecule has 8 heteroatoms. The zero-order valence-electron chi connectivity index (χ0n) is 20.9. The number of nitrogens with one attached hydrogen (secondary N) is 1. The first kappa shape index (κ1) is 27.4. The zero-order chi connectivity index (χ0) is 25.3. The molecule has 2 amide bonds. The van der Waals surface area contributed by atoms with Crippen LogP contribution in [0.3, 0.4) is 0 Å². The molecule has 2 aromatic rings. The minimum Gasteiger partial charge on any atom is -0.354 e. The molecule has 1 N–H and O–H groups in total. The third-order valence-electron chi connectivity index (χ3n) is 5.66. The van der Waals surface area contributed by atoms with Crippen LogP contribution in [0, 0.1) is 13.8 Å². The molecule has 2 aromatic carbocycles. The van der Waals surface area contributed by atoms with Crippen molar-refractivity contribution in [3.05, 3.63) is 65.2 Å². The van der Waals surface area contributed by atoms with Crippen molar-refractivity contribution in [2.75, 3.05) is 23.7 Å². The van der Waals surface area contributed by atoms with Crippen LogP contribution in [0.15, 0.2) is 48.5 Å². The summed E-state index contributed by atoms with van der Waals surface area (Å²) in [6.45, 7) is 8.68. The molecule has 186 valence electrons. The quantitative estimate of drug-likeness (QED) is 0.493. The van der Waals surface area contributed by atoms with E-state index in [0.717, 1.165) is 23.1 Å². The molecule has 0 heterocycles. The summed E-state index contributed by atoms with van der Waals surface area (Å²) in [5, 5.41) is 2.86. The number of carbonyl (C=O) groups excluding carboxylic acids is 2. The fraction of sp³-hybridized carbons (Fsp3) is 0.462. The highest BCUT2D eigenvalue weighted by atomic mass is 32.2. The van der Waals surface area contributed by atoms with Gasteiger partial charge in [-0.1, -0.05) is 54.4 Å². The average Bonchev–Trinajstić information content (AvgIpc) is 2.79. The molecule has 0 aliphatic rings. The Morgan fingerprint density at radius 1 is 0.971 bits per heavy atom. The Morgan fingerprint density at radius 3 is 2.06 bits per heavy atom. The van der Waals surface area contributed by atoms with Gasteiger partial charge in [-0.25, -0.2) is 8.42 Å². The number of hydrogen-bond acceptors (Lipinski definition) is 4. The lowest BCUT2D eigenvalue weighted by Crippen LogP contribution is -2.47. The third kappa shape index (κ3) is 8.17. The van der Waals surface area contributed by atoms with E-state index in [0.29, 0.717) is 25.2 Å². The topological polar surface area (TPSA) is 86.8 Å². The molecule has 0 spiro atoms. The van der Waals surface area contributed by atoms with Crippen LogP contribution in [0.4, 0.5) is 5.69 Å². The zero-order valence-corrected chi connectivity index (χ0v) is 21.7. The predicted molar refractivity (Wildman–Crippen MR) is 137 cm³/mol. The summed E-state index contributed by atoms with van der Waals surface area (Å²) >= 11 is 0. The highest BCUT2D eigenvalue weighted by Crippen LogP contribution is 2.20. The molecule has 2 rings (SSSR count). The molecule has 0 bridgehead atoms. The molecule has 34 heavy (non-hydrogen) atoms. The van der Waals surface area contributed by atoms with E-state index >= 15 is 0 Å². The van der Waals surface area contributed by atoms with Crippen LogP contribution in [-0.4, -0.2) is 50.5 Å². The van der Waals surface area contributed by atoms with E-state index in [4.69, 9.17) is 0 Å². The number of amides is 2. The highest BCUT2D eigenvalue weighted by Gasteiger charge is 2.26. The Bertz CT molecular complexity index is 1050. The van der Waals surface area contributed by atoms with E-state index < -0.39 is 16.1 Å². The Morgan fingerprint density at radius 2 is 1.53 bits per heavy atom. The Kier molecular flexibility index (Phi) is 10.1. The second-order valence-electron chi connectivity index (χ2n) is 8.75. The normalized spacial score (nSPS) is 12.1. The molecule has 0 aromatic heterocycles. The average molecular weight is 488 g/mol. The van der Waals surface area contributed by atoms with Crippen molar-refractivity contribution in [3.8, 4) is 0 Å². The monoisotopic (exact) mass is 487 g/mol. The number of benzene rings is 2. The minimum atomic E-state index is -3.50. The van der Waals surface area contributed by atoms with Crippen molar-refractivity contribution >= 4 is 27.5 Å². The maximum Gasteiger partial charge on any atom is 0.242 e. The molecule has 1 unspecified atom stereocenters. The third-order valence-corrected chi connectivity index (χ3v) is 6.86. The number of carbonyl (C=O) groups is 2. The molecule has 0 saturated carbocycles. The van der Waals surface area contributed by atoms with E-state index in [1.165, 1.54) is 10.6 Å². The van der Waals surface area contributed by atoms with Gasteiger partial charge in [0.05, 0.1) is 11.9 Å². The Hall–Kier alpha value is -2.87. The number of sulfonamides is 1. The number of aryl methyl sites for hydroxylation is 2. The van der Waals surface area contributed by atoms with Gasteiger partial charge in [0.25, 0.3) is 0 Å². The molecule has 0 radical (unpaired) electrons. The second kappa shape index (κ2) is 12.6. The summed E-state index contributed by atoms with van der Waals surface area (Å²) in [5.74, 6) is -0.378. The fourth-order valence-electron chi connectivity index (χ4n) is 3.58. The first-order valence-electron chi connectivity index (χ1n) is 11.7. The van der Waals surface area contributed by atoms with Crippen molar-refractivity contribution in [2.45, 2.75) is 59.5 Å².